The largest absolute Gasteiger partial charge is 0.326 e. The molecule has 5 heteroatoms. The molecule has 0 aromatic heterocycles. The normalized spacial score (nSPS) is 10.0. The summed E-state index contributed by atoms with van der Waals surface area (Å²) in [5.74, 6) is -0.353. The predicted molar refractivity (Wildman–Crippen MR) is 89.5 cm³/mol. The number of carbonyl (C=O) groups excluding carboxylic acids is 3. The summed E-state index contributed by atoms with van der Waals surface area (Å²) in [4.78, 5) is 34.4. The van der Waals surface area contributed by atoms with Gasteiger partial charge in [0.2, 0.25) is 11.8 Å². The van der Waals surface area contributed by atoms with Crippen molar-refractivity contribution in [1.82, 2.24) is 0 Å². The Bertz CT molecular complexity index is 736. The summed E-state index contributed by atoms with van der Waals surface area (Å²) >= 11 is 0. The fourth-order valence-corrected chi connectivity index (χ4v) is 2.12. The second kappa shape index (κ2) is 7.35. The lowest BCUT2D eigenvalue weighted by Crippen LogP contribution is -2.14. The summed E-state index contributed by atoms with van der Waals surface area (Å²) < 4.78 is 0. The number of hydrogen-bond acceptors (Lipinski definition) is 3. The van der Waals surface area contributed by atoms with Crippen LogP contribution in [0.5, 0.6) is 0 Å². The molecular formula is C18H18N2O3. The van der Waals surface area contributed by atoms with Gasteiger partial charge < -0.3 is 10.6 Å². The van der Waals surface area contributed by atoms with Gasteiger partial charge in [-0.1, -0.05) is 24.3 Å². The van der Waals surface area contributed by atoms with E-state index in [1.54, 1.807) is 48.5 Å². The van der Waals surface area contributed by atoms with E-state index in [1.807, 2.05) is 0 Å². The summed E-state index contributed by atoms with van der Waals surface area (Å²) in [5.41, 5.74) is 2.68. The van der Waals surface area contributed by atoms with E-state index in [1.165, 1.54) is 13.8 Å². The number of nitrogens with one attached hydrogen (secondary N) is 2. The van der Waals surface area contributed by atoms with Gasteiger partial charge in [0.05, 0.1) is 6.42 Å². The van der Waals surface area contributed by atoms with Crippen molar-refractivity contribution in [3.8, 4) is 0 Å². The molecule has 2 rings (SSSR count). The van der Waals surface area contributed by atoms with Gasteiger partial charge in [0.25, 0.3) is 0 Å². The van der Waals surface area contributed by atoms with Crippen LogP contribution in [0.25, 0.3) is 0 Å². The van der Waals surface area contributed by atoms with Crippen molar-refractivity contribution in [2.45, 2.75) is 20.3 Å². The molecule has 23 heavy (non-hydrogen) atoms. The number of benzene rings is 2. The van der Waals surface area contributed by atoms with Crippen molar-refractivity contribution in [2.24, 2.45) is 0 Å². The topological polar surface area (TPSA) is 75.3 Å². The molecule has 0 bridgehead atoms. The van der Waals surface area contributed by atoms with Crippen molar-refractivity contribution in [1.29, 1.82) is 0 Å². The maximum Gasteiger partial charge on any atom is 0.228 e. The van der Waals surface area contributed by atoms with E-state index in [-0.39, 0.29) is 24.0 Å². The number of Topliss-reactive ketones (excluding diaryl/α,β-unsaturated/α-hetero) is 1. The Labute approximate surface area is 134 Å². The molecule has 0 atom stereocenters. The van der Waals surface area contributed by atoms with Crippen LogP contribution in [-0.4, -0.2) is 17.6 Å². The number of rotatable bonds is 5. The molecule has 5 nitrogen and oxygen atoms in total. The third kappa shape index (κ3) is 5.07. The Morgan fingerprint density at radius 2 is 1.57 bits per heavy atom. The van der Waals surface area contributed by atoms with Crippen LogP contribution in [0.1, 0.15) is 29.8 Å². The molecule has 0 aliphatic rings. The highest BCUT2D eigenvalue weighted by Crippen LogP contribution is 2.13. The molecule has 0 aliphatic heterocycles. The molecular weight excluding hydrogens is 292 g/mol. The highest BCUT2D eigenvalue weighted by Gasteiger charge is 2.06. The number of amides is 2. The van der Waals surface area contributed by atoms with Crippen molar-refractivity contribution >= 4 is 29.0 Å². The first-order valence-electron chi connectivity index (χ1n) is 7.21. The number of hydrogen-bond donors (Lipinski definition) is 2. The number of carbonyl (C=O) groups is 3. The van der Waals surface area contributed by atoms with Crippen molar-refractivity contribution in [3.05, 3.63) is 59.7 Å². The van der Waals surface area contributed by atoms with E-state index in [0.717, 1.165) is 5.56 Å². The van der Waals surface area contributed by atoms with E-state index in [9.17, 15) is 14.4 Å². The van der Waals surface area contributed by atoms with Crippen LogP contribution in [0.2, 0.25) is 0 Å². The van der Waals surface area contributed by atoms with Gasteiger partial charge in [0.1, 0.15) is 0 Å². The quantitative estimate of drug-likeness (QED) is 0.834. The lowest BCUT2D eigenvalue weighted by atomic mass is 10.1. The average Bonchev–Trinajstić information content (AvgIpc) is 2.49. The lowest BCUT2D eigenvalue weighted by molar-refractivity contribution is -0.116. The minimum atomic E-state index is -0.169. The molecule has 2 aromatic rings. The fourth-order valence-electron chi connectivity index (χ4n) is 2.12. The molecule has 0 heterocycles. The molecule has 0 saturated carbocycles. The first-order valence-corrected chi connectivity index (χ1v) is 7.21. The Morgan fingerprint density at radius 3 is 2.17 bits per heavy atom. The third-order valence-corrected chi connectivity index (χ3v) is 3.19. The highest BCUT2D eigenvalue weighted by atomic mass is 16.2. The third-order valence-electron chi connectivity index (χ3n) is 3.19. The van der Waals surface area contributed by atoms with E-state index in [2.05, 4.69) is 10.6 Å². The lowest BCUT2D eigenvalue weighted by Gasteiger charge is -2.07. The summed E-state index contributed by atoms with van der Waals surface area (Å²) in [5, 5.41) is 5.44. The van der Waals surface area contributed by atoms with Crippen molar-refractivity contribution < 1.29 is 14.4 Å². The van der Waals surface area contributed by atoms with Gasteiger partial charge >= 0.3 is 0 Å². The molecule has 2 N–H and O–H groups in total. The zero-order valence-electron chi connectivity index (χ0n) is 13.1. The molecule has 0 spiro atoms. The maximum absolute atomic E-state index is 12.1. The Hall–Kier alpha value is -2.95. The smallest absolute Gasteiger partial charge is 0.228 e. The van der Waals surface area contributed by atoms with Gasteiger partial charge in [-0.3, -0.25) is 14.4 Å². The van der Waals surface area contributed by atoms with Crippen LogP contribution < -0.4 is 10.6 Å². The van der Waals surface area contributed by atoms with Crippen molar-refractivity contribution in [3.63, 3.8) is 0 Å². The van der Waals surface area contributed by atoms with Gasteiger partial charge in [0.15, 0.2) is 5.78 Å². The van der Waals surface area contributed by atoms with E-state index in [4.69, 9.17) is 0 Å². The zero-order chi connectivity index (χ0) is 16.8. The molecule has 0 unspecified atom stereocenters. The molecule has 118 valence electrons. The average molecular weight is 310 g/mol. The van der Waals surface area contributed by atoms with Crippen LogP contribution >= 0.6 is 0 Å². The molecule has 0 aliphatic carbocycles. The summed E-state index contributed by atoms with van der Waals surface area (Å²) in [7, 11) is 0. The van der Waals surface area contributed by atoms with E-state index < -0.39 is 0 Å². The first-order chi connectivity index (χ1) is 10.9. The van der Waals surface area contributed by atoms with Crippen LogP contribution in [-0.2, 0) is 16.0 Å². The van der Waals surface area contributed by atoms with Crippen LogP contribution in [0.3, 0.4) is 0 Å². The second-order valence-electron chi connectivity index (χ2n) is 5.24. The Morgan fingerprint density at radius 1 is 0.870 bits per heavy atom. The predicted octanol–water partition coefficient (Wildman–Crippen LogP) is 3.03. The van der Waals surface area contributed by atoms with Crippen molar-refractivity contribution in [2.75, 3.05) is 10.6 Å². The second-order valence-corrected chi connectivity index (χ2v) is 5.24. The molecule has 0 fully saturated rings. The van der Waals surface area contributed by atoms with Gasteiger partial charge in [-0.15, -0.1) is 0 Å². The number of ketones is 1. The van der Waals surface area contributed by atoms with Gasteiger partial charge in [0, 0.05) is 23.9 Å². The zero-order valence-corrected chi connectivity index (χ0v) is 13.1. The standard InChI is InChI=1S/C18H18N2O3/c1-12(21)15-4-3-5-17(11-15)20-18(23)10-14-6-8-16(9-7-14)19-13(2)22/h3-9,11H,10H2,1-2H3,(H,19,22)(H,20,23). The molecule has 0 saturated heterocycles. The van der Waals surface area contributed by atoms with Gasteiger partial charge in [-0.05, 0) is 36.8 Å². The first kappa shape index (κ1) is 16.4. The molecule has 2 aromatic carbocycles. The van der Waals surface area contributed by atoms with E-state index >= 15 is 0 Å². The Kier molecular flexibility index (Phi) is 5.25. The minimum absolute atomic E-state index is 0.0466. The monoisotopic (exact) mass is 310 g/mol. The molecule has 0 radical (unpaired) electrons. The SMILES string of the molecule is CC(=O)Nc1ccc(CC(=O)Nc2cccc(C(C)=O)c2)cc1. The van der Waals surface area contributed by atoms with Crippen LogP contribution in [0, 0.1) is 0 Å². The van der Waals surface area contributed by atoms with Gasteiger partial charge in [-0.25, -0.2) is 0 Å². The van der Waals surface area contributed by atoms with Crippen LogP contribution in [0.4, 0.5) is 11.4 Å². The summed E-state index contributed by atoms with van der Waals surface area (Å²) in [6.07, 6.45) is 0.213. The van der Waals surface area contributed by atoms with Crippen LogP contribution in [0.15, 0.2) is 48.5 Å². The fraction of sp³-hybridized carbons (Fsp3) is 0.167. The van der Waals surface area contributed by atoms with E-state index in [0.29, 0.717) is 16.9 Å². The number of anilines is 2. The molecule has 2 amide bonds. The Balaban J connectivity index is 1.98. The minimum Gasteiger partial charge on any atom is -0.326 e. The summed E-state index contributed by atoms with van der Waals surface area (Å²) in [6, 6.07) is 13.9. The van der Waals surface area contributed by atoms with Gasteiger partial charge in [-0.2, -0.15) is 0 Å². The summed E-state index contributed by atoms with van der Waals surface area (Å²) in [6.45, 7) is 2.92. The maximum atomic E-state index is 12.1. The highest BCUT2D eigenvalue weighted by molar-refractivity contribution is 5.97.